The molecule has 15 heavy (non-hydrogen) atoms. The lowest BCUT2D eigenvalue weighted by Crippen LogP contribution is -2.41. The van der Waals surface area contributed by atoms with Crippen LogP contribution in [0.2, 0.25) is 0 Å². The fraction of sp³-hybridized carbons (Fsp3) is 1.00. The highest BCUT2D eigenvalue weighted by Crippen LogP contribution is 2.18. The summed E-state index contributed by atoms with van der Waals surface area (Å²) < 4.78 is 5.74. The Labute approximate surface area is 94.8 Å². The molecule has 1 heterocycles. The van der Waals surface area contributed by atoms with Gasteiger partial charge in [0, 0.05) is 12.6 Å². The number of nitrogens with one attached hydrogen (secondary N) is 1. The molecule has 2 heteroatoms. The fourth-order valence-electron chi connectivity index (χ4n) is 2.41. The molecule has 0 aliphatic carbocycles. The van der Waals surface area contributed by atoms with Crippen LogP contribution >= 0.6 is 0 Å². The van der Waals surface area contributed by atoms with E-state index in [2.05, 4.69) is 26.1 Å². The first kappa shape index (κ1) is 13.0. The fourth-order valence-corrected chi connectivity index (χ4v) is 2.41. The third kappa shape index (κ3) is 4.52. The van der Waals surface area contributed by atoms with E-state index in [1.165, 1.54) is 32.1 Å². The molecule has 1 rings (SSSR count). The molecule has 1 N–H and O–H groups in total. The van der Waals surface area contributed by atoms with Crippen LogP contribution in [-0.4, -0.2) is 25.3 Å². The van der Waals surface area contributed by atoms with Crippen molar-refractivity contribution >= 4 is 0 Å². The summed E-state index contributed by atoms with van der Waals surface area (Å²) in [7, 11) is 0. The maximum atomic E-state index is 5.74. The van der Waals surface area contributed by atoms with Gasteiger partial charge in [0.15, 0.2) is 0 Å². The summed E-state index contributed by atoms with van der Waals surface area (Å²) in [5.41, 5.74) is 0. The molecule has 1 saturated heterocycles. The second-order valence-corrected chi connectivity index (χ2v) is 4.87. The first-order chi connectivity index (χ1) is 7.27. The van der Waals surface area contributed by atoms with E-state index in [1.807, 2.05) is 0 Å². The van der Waals surface area contributed by atoms with Crippen LogP contribution in [0.25, 0.3) is 0 Å². The second kappa shape index (κ2) is 7.24. The molecule has 90 valence electrons. The third-order valence-electron chi connectivity index (χ3n) is 3.36. The minimum atomic E-state index is 0.476. The van der Waals surface area contributed by atoms with Crippen molar-refractivity contribution < 1.29 is 4.74 Å². The van der Waals surface area contributed by atoms with Crippen molar-refractivity contribution in [3.8, 4) is 0 Å². The van der Waals surface area contributed by atoms with E-state index in [9.17, 15) is 0 Å². The van der Waals surface area contributed by atoms with Crippen molar-refractivity contribution in [2.45, 2.75) is 65.0 Å². The summed E-state index contributed by atoms with van der Waals surface area (Å²) in [5.74, 6) is 0.797. The summed E-state index contributed by atoms with van der Waals surface area (Å²) in [6.07, 6.45) is 6.77. The molecule has 2 nitrogen and oxygen atoms in total. The molecule has 1 fully saturated rings. The molecule has 1 aliphatic heterocycles. The highest BCUT2D eigenvalue weighted by atomic mass is 16.5. The topological polar surface area (TPSA) is 21.3 Å². The van der Waals surface area contributed by atoms with Crippen molar-refractivity contribution in [1.29, 1.82) is 0 Å². The van der Waals surface area contributed by atoms with Crippen molar-refractivity contribution in [3.05, 3.63) is 0 Å². The monoisotopic (exact) mass is 213 g/mol. The number of rotatable bonds is 7. The van der Waals surface area contributed by atoms with E-state index < -0.39 is 0 Å². The summed E-state index contributed by atoms with van der Waals surface area (Å²) in [5, 5.41) is 3.67. The normalized spacial score (nSPS) is 25.4. The maximum Gasteiger partial charge on any atom is 0.0728 e. The van der Waals surface area contributed by atoms with Gasteiger partial charge in [0.25, 0.3) is 0 Å². The first-order valence-electron chi connectivity index (χ1n) is 6.62. The quantitative estimate of drug-likeness (QED) is 0.702. The van der Waals surface area contributed by atoms with Crippen LogP contribution in [-0.2, 0) is 4.74 Å². The minimum absolute atomic E-state index is 0.476. The van der Waals surface area contributed by atoms with Crippen molar-refractivity contribution in [3.63, 3.8) is 0 Å². The predicted octanol–water partition coefficient (Wildman–Crippen LogP) is 2.97. The lowest BCUT2D eigenvalue weighted by molar-refractivity contribution is 0.0757. The summed E-state index contributed by atoms with van der Waals surface area (Å²) in [6, 6.07) is 0.576. The van der Waals surface area contributed by atoms with Gasteiger partial charge in [-0.15, -0.1) is 0 Å². The van der Waals surface area contributed by atoms with Gasteiger partial charge in [-0.2, -0.15) is 0 Å². The molecule has 0 aromatic carbocycles. The van der Waals surface area contributed by atoms with E-state index in [0.717, 1.165) is 19.1 Å². The van der Waals surface area contributed by atoms with Crippen molar-refractivity contribution in [2.75, 3.05) is 13.2 Å². The molecule has 1 aliphatic rings. The molecule has 0 amide bonds. The van der Waals surface area contributed by atoms with E-state index in [1.54, 1.807) is 0 Å². The zero-order valence-corrected chi connectivity index (χ0v) is 10.6. The van der Waals surface area contributed by atoms with E-state index in [4.69, 9.17) is 4.74 Å². The van der Waals surface area contributed by atoms with Gasteiger partial charge in [-0.1, -0.05) is 27.2 Å². The zero-order chi connectivity index (χ0) is 11.1. The summed E-state index contributed by atoms with van der Waals surface area (Å²) >= 11 is 0. The van der Waals surface area contributed by atoms with Crippen molar-refractivity contribution in [1.82, 2.24) is 5.32 Å². The number of hydrogen-bond acceptors (Lipinski definition) is 2. The van der Waals surface area contributed by atoms with Crippen LogP contribution in [0.4, 0.5) is 0 Å². The van der Waals surface area contributed by atoms with Gasteiger partial charge in [0.05, 0.1) is 6.10 Å². The van der Waals surface area contributed by atoms with Gasteiger partial charge >= 0.3 is 0 Å². The largest absolute Gasteiger partial charge is 0.377 e. The van der Waals surface area contributed by atoms with Crippen LogP contribution in [0, 0.1) is 5.92 Å². The van der Waals surface area contributed by atoms with Gasteiger partial charge in [-0.05, 0) is 38.1 Å². The van der Waals surface area contributed by atoms with Crippen LogP contribution in [0.15, 0.2) is 0 Å². The average molecular weight is 213 g/mol. The molecule has 0 aromatic rings. The highest BCUT2D eigenvalue weighted by Gasteiger charge is 2.24. The molecule has 3 unspecified atom stereocenters. The summed E-state index contributed by atoms with van der Waals surface area (Å²) in [4.78, 5) is 0. The first-order valence-corrected chi connectivity index (χ1v) is 6.62. The molecular weight excluding hydrogens is 186 g/mol. The Morgan fingerprint density at radius 3 is 2.73 bits per heavy atom. The van der Waals surface area contributed by atoms with Crippen molar-refractivity contribution in [2.24, 2.45) is 5.92 Å². The molecule has 0 bridgehead atoms. The standard InChI is InChI=1S/C13H27NO/c1-4-7-11(3)10-14-12(5-2)13-8-6-9-15-13/h11-14H,4-10H2,1-3H3. The number of ether oxygens (including phenoxy) is 1. The van der Waals surface area contributed by atoms with Crippen LogP contribution in [0.1, 0.15) is 52.9 Å². The Hall–Kier alpha value is -0.0800. The van der Waals surface area contributed by atoms with Crippen LogP contribution in [0.5, 0.6) is 0 Å². The highest BCUT2D eigenvalue weighted by molar-refractivity contribution is 4.79. The minimum Gasteiger partial charge on any atom is -0.377 e. The second-order valence-electron chi connectivity index (χ2n) is 4.87. The molecular formula is C13H27NO. The Morgan fingerprint density at radius 1 is 1.40 bits per heavy atom. The molecule has 0 radical (unpaired) electrons. The van der Waals surface area contributed by atoms with Crippen LogP contribution < -0.4 is 5.32 Å². The van der Waals surface area contributed by atoms with Gasteiger partial charge in [-0.25, -0.2) is 0 Å². The molecule has 0 saturated carbocycles. The smallest absolute Gasteiger partial charge is 0.0728 e. The number of hydrogen-bond donors (Lipinski definition) is 1. The van der Waals surface area contributed by atoms with Crippen LogP contribution in [0.3, 0.4) is 0 Å². The molecule has 0 aromatic heterocycles. The van der Waals surface area contributed by atoms with E-state index in [0.29, 0.717) is 12.1 Å². The van der Waals surface area contributed by atoms with Gasteiger partial charge in [-0.3, -0.25) is 0 Å². The van der Waals surface area contributed by atoms with E-state index in [-0.39, 0.29) is 0 Å². The van der Waals surface area contributed by atoms with Gasteiger partial charge in [0.2, 0.25) is 0 Å². The SMILES string of the molecule is CCCC(C)CNC(CC)C1CCCO1. The summed E-state index contributed by atoms with van der Waals surface area (Å²) in [6.45, 7) is 8.95. The van der Waals surface area contributed by atoms with Gasteiger partial charge < -0.3 is 10.1 Å². The Morgan fingerprint density at radius 2 is 2.20 bits per heavy atom. The third-order valence-corrected chi connectivity index (χ3v) is 3.36. The predicted molar refractivity (Wildman–Crippen MR) is 65.1 cm³/mol. The average Bonchev–Trinajstić information content (AvgIpc) is 2.72. The maximum absolute atomic E-state index is 5.74. The van der Waals surface area contributed by atoms with Gasteiger partial charge in [0.1, 0.15) is 0 Å². The molecule has 3 atom stereocenters. The Kier molecular flexibility index (Phi) is 6.26. The Balaban J connectivity index is 2.20. The molecule has 0 spiro atoms. The lowest BCUT2D eigenvalue weighted by Gasteiger charge is -2.24. The Bertz CT molecular complexity index is 155. The van der Waals surface area contributed by atoms with E-state index >= 15 is 0 Å². The lowest BCUT2D eigenvalue weighted by atomic mass is 10.0. The zero-order valence-electron chi connectivity index (χ0n) is 10.6.